The van der Waals surface area contributed by atoms with Gasteiger partial charge in [0.25, 0.3) is 0 Å². The number of anilines is 1. The zero-order chi connectivity index (χ0) is 16.8. The Morgan fingerprint density at radius 3 is 2.04 bits per heavy atom. The van der Waals surface area contributed by atoms with Crippen molar-refractivity contribution in [2.75, 3.05) is 5.32 Å². The Morgan fingerprint density at radius 2 is 1.42 bits per heavy atom. The van der Waals surface area contributed by atoms with Gasteiger partial charge in [-0.15, -0.1) is 11.8 Å². The first-order chi connectivity index (χ1) is 11.7. The molecule has 2 nitrogen and oxygen atoms in total. The third kappa shape index (κ3) is 4.40. The quantitative estimate of drug-likeness (QED) is 0.586. The van der Waals surface area contributed by atoms with Gasteiger partial charge in [-0.25, -0.2) is 0 Å². The predicted molar refractivity (Wildman–Crippen MR) is 102 cm³/mol. The molecule has 0 unspecified atom stereocenters. The van der Waals surface area contributed by atoms with E-state index < -0.39 is 0 Å². The van der Waals surface area contributed by atoms with Crippen molar-refractivity contribution >= 4 is 35.0 Å². The summed E-state index contributed by atoms with van der Waals surface area (Å²) in [5.74, 6) is -0.0580. The zero-order valence-electron chi connectivity index (χ0n) is 12.9. The van der Waals surface area contributed by atoms with Crippen LogP contribution in [-0.4, -0.2) is 5.91 Å². The second-order valence-electron chi connectivity index (χ2n) is 5.22. The van der Waals surface area contributed by atoms with Gasteiger partial charge in [-0.1, -0.05) is 60.1 Å². The second kappa shape index (κ2) is 8.04. The van der Waals surface area contributed by atoms with Crippen molar-refractivity contribution < 1.29 is 4.79 Å². The molecule has 24 heavy (non-hydrogen) atoms. The molecule has 0 aliphatic heterocycles. The van der Waals surface area contributed by atoms with E-state index >= 15 is 0 Å². The van der Waals surface area contributed by atoms with Crippen molar-refractivity contribution in [3.8, 4) is 0 Å². The lowest BCUT2D eigenvalue weighted by molar-refractivity contribution is -0.115. The van der Waals surface area contributed by atoms with Gasteiger partial charge in [-0.2, -0.15) is 0 Å². The number of carbonyl (C=O) groups excluding carboxylic acids is 1. The number of hydrogen-bond acceptors (Lipinski definition) is 2. The summed E-state index contributed by atoms with van der Waals surface area (Å²) in [4.78, 5) is 13.9. The van der Waals surface area contributed by atoms with Crippen LogP contribution >= 0.6 is 23.4 Å². The maximum absolute atomic E-state index is 12.8. The summed E-state index contributed by atoms with van der Waals surface area (Å²) in [5, 5.41) is 3.28. The summed E-state index contributed by atoms with van der Waals surface area (Å²) in [5.41, 5.74) is 1.71. The van der Waals surface area contributed by atoms with Gasteiger partial charge in [0.15, 0.2) is 0 Å². The molecule has 0 saturated heterocycles. The van der Waals surface area contributed by atoms with Crippen LogP contribution in [0.15, 0.2) is 89.8 Å². The van der Waals surface area contributed by atoms with Gasteiger partial charge in [-0.05, 0) is 42.0 Å². The monoisotopic (exact) mass is 353 g/mol. The fourth-order valence-corrected chi connectivity index (χ4v) is 3.45. The molecule has 0 aliphatic carbocycles. The standard InChI is InChI=1S/C20H16ClNOS/c21-16-11-13-17(14-12-16)22-20(23)19(15-7-3-1-4-8-15)24-18-9-5-2-6-10-18/h1-14,19H,(H,22,23)/t19-/m0/s1. The van der Waals surface area contributed by atoms with Crippen molar-refractivity contribution in [3.63, 3.8) is 0 Å². The molecule has 4 heteroatoms. The van der Waals surface area contributed by atoms with Crippen LogP contribution in [0.25, 0.3) is 0 Å². The Labute approximate surface area is 150 Å². The highest BCUT2D eigenvalue weighted by Gasteiger charge is 2.22. The van der Waals surface area contributed by atoms with E-state index in [0.717, 1.165) is 16.1 Å². The van der Waals surface area contributed by atoms with E-state index in [1.165, 1.54) is 11.8 Å². The molecule has 0 aliphatic rings. The zero-order valence-corrected chi connectivity index (χ0v) is 14.4. The van der Waals surface area contributed by atoms with Crippen LogP contribution in [0, 0.1) is 0 Å². The summed E-state index contributed by atoms with van der Waals surface area (Å²) in [6.07, 6.45) is 0. The molecule has 0 radical (unpaired) electrons. The smallest absolute Gasteiger partial charge is 0.242 e. The molecule has 3 aromatic rings. The summed E-state index contributed by atoms with van der Waals surface area (Å²) in [6, 6.07) is 26.9. The molecule has 3 rings (SSSR count). The number of thioether (sulfide) groups is 1. The Hall–Kier alpha value is -2.23. The van der Waals surface area contributed by atoms with E-state index in [1.54, 1.807) is 24.3 Å². The lowest BCUT2D eigenvalue weighted by Crippen LogP contribution is -2.18. The molecule has 1 N–H and O–H groups in total. The fraction of sp³-hybridized carbons (Fsp3) is 0.0500. The van der Waals surface area contributed by atoms with E-state index in [2.05, 4.69) is 5.32 Å². The highest BCUT2D eigenvalue weighted by atomic mass is 35.5. The van der Waals surface area contributed by atoms with Gasteiger partial charge in [0.1, 0.15) is 5.25 Å². The molecular weight excluding hydrogens is 338 g/mol. The fourth-order valence-electron chi connectivity index (χ4n) is 2.28. The van der Waals surface area contributed by atoms with Gasteiger partial charge in [0.2, 0.25) is 5.91 Å². The number of carbonyl (C=O) groups is 1. The molecule has 3 aromatic carbocycles. The summed E-state index contributed by atoms with van der Waals surface area (Å²) < 4.78 is 0. The van der Waals surface area contributed by atoms with Crippen molar-refractivity contribution in [1.29, 1.82) is 0 Å². The molecular formula is C20H16ClNOS. The Kier molecular flexibility index (Phi) is 5.57. The Balaban J connectivity index is 1.83. The number of nitrogens with one attached hydrogen (secondary N) is 1. The van der Waals surface area contributed by atoms with E-state index in [-0.39, 0.29) is 11.2 Å². The number of amides is 1. The van der Waals surface area contributed by atoms with Crippen LogP contribution in [0.1, 0.15) is 10.8 Å². The van der Waals surface area contributed by atoms with Gasteiger partial charge in [0.05, 0.1) is 0 Å². The average molecular weight is 354 g/mol. The lowest BCUT2D eigenvalue weighted by Gasteiger charge is -2.17. The second-order valence-corrected chi connectivity index (χ2v) is 6.83. The maximum atomic E-state index is 12.8. The molecule has 0 spiro atoms. The topological polar surface area (TPSA) is 29.1 Å². The molecule has 0 saturated carbocycles. The third-order valence-corrected chi connectivity index (χ3v) is 4.97. The number of benzene rings is 3. The summed E-state index contributed by atoms with van der Waals surface area (Å²) in [7, 11) is 0. The van der Waals surface area contributed by atoms with Gasteiger partial charge in [-0.3, -0.25) is 4.79 Å². The first kappa shape index (κ1) is 16.6. The van der Waals surface area contributed by atoms with Crippen LogP contribution in [0.3, 0.4) is 0 Å². The van der Waals surface area contributed by atoms with Gasteiger partial charge < -0.3 is 5.32 Å². The summed E-state index contributed by atoms with van der Waals surface area (Å²) >= 11 is 7.43. The summed E-state index contributed by atoms with van der Waals surface area (Å²) in [6.45, 7) is 0. The van der Waals surface area contributed by atoms with Crippen molar-refractivity contribution in [1.82, 2.24) is 0 Å². The molecule has 0 heterocycles. The van der Waals surface area contributed by atoms with Crippen LogP contribution in [0.5, 0.6) is 0 Å². The van der Waals surface area contributed by atoms with Gasteiger partial charge >= 0.3 is 0 Å². The van der Waals surface area contributed by atoms with Crippen LogP contribution in [-0.2, 0) is 4.79 Å². The molecule has 0 aromatic heterocycles. The maximum Gasteiger partial charge on any atom is 0.242 e. The molecule has 0 fully saturated rings. The van der Waals surface area contributed by atoms with Crippen LogP contribution < -0.4 is 5.32 Å². The third-order valence-electron chi connectivity index (χ3n) is 3.45. The normalized spacial score (nSPS) is 11.7. The molecule has 1 atom stereocenters. The van der Waals surface area contributed by atoms with E-state index in [0.29, 0.717) is 5.02 Å². The van der Waals surface area contributed by atoms with E-state index in [9.17, 15) is 4.79 Å². The molecule has 0 bridgehead atoms. The van der Waals surface area contributed by atoms with E-state index in [1.807, 2.05) is 60.7 Å². The first-order valence-corrected chi connectivity index (χ1v) is 8.81. The van der Waals surface area contributed by atoms with Crippen molar-refractivity contribution in [3.05, 3.63) is 95.5 Å². The minimum Gasteiger partial charge on any atom is -0.325 e. The predicted octanol–water partition coefficient (Wildman–Crippen LogP) is 5.81. The average Bonchev–Trinajstić information content (AvgIpc) is 2.63. The molecule has 120 valence electrons. The highest BCUT2D eigenvalue weighted by Crippen LogP contribution is 2.36. The first-order valence-electron chi connectivity index (χ1n) is 7.55. The van der Waals surface area contributed by atoms with Gasteiger partial charge in [0, 0.05) is 15.6 Å². The lowest BCUT2D eigenvalue weighted by atomic mass is 10.1. The largest absolute Gasteiger partial charge is 0.325 e. The van der Waals surface area contributed by atoms with Crippen molar-refractivity contribution in [2.45, 2.75) is 10.1 Å². The van der Waals surface area contributed by atoms with Crippen LogP contribution in [0.2, 0.25) is 5.02 Å². The molecule has 1 amide bonds. The highest BCUT2D eigenvalue weighted by molar-refractivity contribution is 8.00. The minimum absolute atomic E-state index is 0.0580. The minimum atomic E-state index is -0.329. The van der Waals surface area contributed by atoms with Crippen molar-refractivity contribution in [2.24, 2.45) is 0 Å². The Bertz CT molecular complexity index is 791. The number of rotatable bonds is 5. The van der Waals surface area contributed by atoms with E-state index in [4.69, 9.17) is 11.6 Å². The number of hydrogen-bond donors (Lipinski definition) is 1. The van der Waals surface area contributed by atoms with Crippen LogP contribution in [0.4, 0.5) is 5.69 Å². The number of halogens is 1. The SMILES string of the molecule is O=C(Nc1ccc(Cl)cc1)[C@@H](Sc1ccccc1)c1ccccc1. The Morgan fingerprint density at radius 1 is 0.833 bits per heavy atom.